The fourth-order valence-corrected chi connectivity index (χ4v) is 3.56. The molecule has 1 aliphatic heterocycles. The molecule has 1 N–H and O–H groups in total. The molecule has 0 bridgehead atoms. The Morgan fingerprint density at radius 2 is 1.75 bits per heavy atom. The topological polar surface area (TPSA) is 84.9 Å². The molecular formula is C25H30N2O5. The van der Waals surface area contributed by atoms with Crippen LogP contribution >= 0.6 is 0 Å². The number of carbonyl (C=O) groups excluding carboxylic acids is 3. The van der Waals surface area contributed by atoms with E-state index in [1.807, 2.05) is 31.2 Å². The standard InChI is InChI=1S/C25H30N2O5/c1-3-5-6-15-32-25(30)18-7-9-20(10-8-18)26-24(29)19-16-23(28)27(17-19)21-11-13-22(14-12-21)31-4-2/h7-14,19H,3-6,15-17H2,1-2H3,(H,26,29)/t19-/m0/s1. The van der Waals surface area contributed by atoms with Gasteiger partial charge in [-0.15, -0.1) is 0 Å². The van der Waals surface area contributed by atoms with Crippen molar-refractivity contribution in [1.82, 2.24) is 0 Å². The average molecular weight is 439 g/mol. The van der Waals surface area contributed by atoms with Crippen LogP contribution in [0.3, 0.4) is 0 Å². The molecule has 0 unspecified atom stereocenters. The summed E-state index contributed by atoms with van der Waals surface area (Å²) in [5.74, 6) is -0.383. The summed E-state index contributed by atoms with van der Waals surface area (Å²) in [6, 6.07) is 13.9. The maximum absolute atomic E-state index is 12.7. The van der Waals surface area contributed by atoms with Gasteiger partial charge in [-0.3, -0.25) is 9.59 Å². The molecule has 0 saturated carbocycles. The van der Waals surface area contributed by atoms with Gasteiger partial charge in [0.15, 0.2) is 0 Å². The van der Waals surface area contributed by atoms with E-state index in [4.69, 9.17) is 9.47 Å². The minimum absolute atomic E-state index is 0.0875. The summed E-state index contributed by atoms with van der Waals surface area (Å²) in [6.07, 6.45) is 3.10. The number of hydrogen-bond donors (Lipinski definition) is 1. The zero-order chi connectivity index (χ0) is 22.9. The van der Waals surface area contributed by atoms with Crippen molar-refractivity contribution < 1.29 is 23.9 Å². The first-order valence-corrected chi connectivity index (χ1v) is 11.1. The van der Waals surface area contributed by atoms with Gasteiger partial charge in [-0.2, -0.15) is 0 Å². The van der Waals surface area contributed by atoms with E-state index < -0.39 is 5.92 Å². The van der Waals surface area contributed by atoms with Crippen molar-refractivity contribution in [3.05, 3.63) is 54.1 Å². The second kappa shape index (κ2) is 11.3. The van der Waals surface area contributed by atoms with Crippen molar-refractivity contribution in [2.45, 2.75) is 39.5 Å². The van der Waals surface area contributed by atoms with Crippen molar-refractivity contribution in [1.29, 1.82) is 0 Å². The Kier molecular flexibility index (Phi) is 8.25. The normalized spacial score (nSPS) is 15.5. The Morgan fingerprint density at radius 1 is 1.03 bits per heavy atom. The molecule has 7 nitrogen and oxygen atoms in total. The van der Waals surface area contributed by atoms with Crippen LogP contribution in [0.2, 0.25) is 0 Å². The molecular weight excluding hydrogens is 408 g/mol. The first kappa shape index (κ1) is 23.3. The molecule has 7 heteroatoms. The van der Waals surface area contributed by atoms with E-state index in [9.17, 15) is 14.4 Å². The summed E-state index contributed by atoms with van der Waals surface area (Å²) in [6.45, 7) is 5.31. The molecule has 0 radical (unpaired) electrons. The van der Waals surface area contributed by atoms with E-state index in [0.29, 0.717) is 31.0 Å². The molecule has 32 heavy (non-hydrogen) atoms. The summed E-state index contributed by atoms with van der Waals surface area (Å²) >= 11 is 0. The molecule has 0 spiro atoms. The SMILES string of the molecule is CCCCCOC(=O)c1ccc(NC(=O)[C@H]2CC(=O)N(c3ccc(OCC)cc3)C2)cc1. The third-order valence-electron chi connectivity index (χ3n) is 5.32. The number of esters is 1. The Balaban J connectivity index is 1.53. The average Bonchev–Trinajstić information content (AvgIpc) is 3.19. The molecule has 1 fully saturated rings. The molecule has 3 rings (SSSR count). The lowest BCUT2D eigenvalue weighted by Crippen LogP contribution is -2.28. The predicted octanol–water partition coefficient (Wildman–Crippen LogP) is 4.42. The first-order chi connectivity index (χ1) is 15.5. The van der Waals surface area contributed by atoms with Gasteiger partial charge in [0.25, 0.3) is 0 Å². The highest BCUT2D eigenvalue weighted by Gasteiger charge is 2.35. The van der Waals surface area contributed by atoms with Crippen LogP contribution in [0.4, 0.5) is 11.4 Å². The molecule has 2 amide bonds. The molecule has 1 saturated heterocycles. The number of hydrogen-bond acceptors (Lipinski definition) is 5. The van der Waals surface area contributed by atoms with Crippen LogP contribution in [0, 0.1) is 5.92 Å². The minimum atomic E-state index is -0.447. The van der Waals surface area contributed by atoms with Crippen LogP contribution in [-0.2, 0) is 14.3 Å². The predicted molar refractivity (Wildman–Crippen MR) is 123 cm³/mol. The minimum Gasteiger partial charge on any atom is -0.494 e. The van der Waals surface area contributed by atoms with Crippen LogP contribution < -0.4 is 15.0 Å². The molecule has 1 atom stereocenters. The number of amides is 2. The van der Waals surface area contributed by atoms with Gasteiger partial charge in [-0.25, -0.2) is 4.79 Å². The molecule has 170 valence electrons. The number of nitrogens with zero attached hydrogens (tertiary/aromatic N) is 1. The fourth-order valence-electron chi connectivity index (χ4n) is 3.56. The summed E-state index contributed by atoms with van der Waals surface area (Å²) in [4.78, 5) is 38.8. The number of nitrogens with one attached hydrogen (secondary N) is 1. The third kappa shape index (κ3) is 6.09. The van der Waals surface area contributed by atoms with Crippen molar-refractivity contribution in [3.8, 4) is 5.75 Å². The zero-order valence-corrected chi connectivity index (χ0v) is 18.6. The smallest absolute Gasteiger partial charge is 0.338 e. The van der Waals surface area contributed by atoms with Gasteiger partial charge in [0.2, 0.25) is 11.8 Å². The van der Waals surface area contributed by atoms with Gasteiger partial charge < -0.3 is 19.7 Å². The van der Waals surface area contributed by atoms with Gasteiger partial charge in [-0.1, -0.05) is 19.8 Å². The molecule has 1 heterocycles. The maximum atomic E-state index is 12.7. The Morgan fingerprint density at radius 3 is 2.41 bits per heavy atom. The van der Waals surface area contributed by atoms with E-state index in [-0.39, 0.29) is 24.2 Å². The van der Waals surface area contributed by atoms with Gasteiger partial charge >= 0.3 is 5.97 Å². The van der Waals surface area contributed by atoms with E-state index in [0.717, 1.165) is 30.7 Å². The summed E-state index contributed by atoms with van der Waals surface area (Å²) in [5.41, 5.74) is 1.76. The Labute approximate surface area is 188 Å². The maximum Gasteiger partial charge on any atom is 0.338 e. The number of unbranched alkanes of at least 4 members (excludes halogenated alkanes) is 2. The fraction of sp³-hybridized carbons (Fsp3) is 0.400. The lowest BCUT2D eigenvalue weighted by atomic mass is 10.1. The van der Waals surface area contributed by atoms with Gasteiger partial charge in [0, 0.05) is 24.3 Å². The molecule has 0 aromatic heterocycles. The zero-order valence-electron chi connectivity index (χ0n) is 18.6. The molecule has 2 aromatic rings. The number of carbonyl (C=O) groups is 3. The number of rotatable bonds is 10. The highest BCUT2D eigenvalue weighted by atomic mass is 16.5. The van der Waals surface area contributed by atoms with Crippen LogP contribution in [-0.4, -0.2) is 37.5 Å². The highest BCUT2D eigenvalue weighted by Crippen LogP contribution is 2.27. The summed E-state index contributed by atoms with van der Waals surface area (Å²) in [5, 5.41) is 2.84. The third-order valence-corrected chi connectivity index (χ3v) is 5.32. The van der Waals surface area contributed by atoms with E-state index in [1.54, 1.807) is 29.2 Å². The van der Waals surface area contributed by atoms with Gasteiger partial charge in [-0.05, 0) is 61.9 Å². The molecule has 2 aromatic carbocycles. The lowest BCUT2D eigenvalue weighted by Gasteiger charge is -2.17. The van der Waals surface area contributed by atoms with E-state index in [2.05, 4.69) is 12.2 Å². The van der Waals surface area contributed by atoms with Crippen LogP contribution in [0.1, 0.15) is 49.9 Å². The Bertz CT molecular complexity index is 924. The van der Waals surface area contributed by atoms with Crippen LogP contribution in [0.25, 0.3) is 0 Å². The van der Waals surface area contributed by atoms with Gasteiger partial charge in [0.05, 0.1) is 24.7 Å². The lowest BCUT2D eigenvalue weighted by molar-refractivity contribution is -0.122. The van der Waals surface area contributed by atoms with Crippen molar-refractivity contribution >= 4 is 29.2 Å². The molecule has 1 aliphatic rings. The highest BCUT2D eigenvalue weighted by molar-refractivity contribution is 6.03. The first-order valence-electron chi connectivity index (χ1n) is 11.1. The van der Waals surface area contributed by atoms with E-state index >= 15 is 0 Å². The number of anilines is 2. The Hall–Kier alpha value is -3.35. The van der Waals surface area contributed by atoms with Crippen LogP contribution in [0.15, 0.2) is 48.5 Å². The van der Waals surface area contributed by atoms with Crippen molar-refractivity contribution in [2.24, 2.45) is 5.92 Å². The van der Waals surface area contributed by atoms with Crippen LogP contribution in [0.5, 0.6) is 5.75 Å². The summed E-state index contributed by atoms with van der Waals surface area (Å²) < 4.78 is 10.7. The second-order valence-electron chi connectivity index (χ2n) is 7.74. The second-order valence-corrected chi connectivity index (χ2v) is 7.74. The monoisotopic (exact) mass is 438 g/mol. The number of ether oxygens (including phenoxy) is 2. The summed E-state index contributed by atoms with van der Waals surface area (Å²) in [7, 11) is 0. The van der Waals surface area contributed by atoms with Crippen molar-refractivity contribution in [2.75, 3.05) is 30.0 Å². The van der Waals surface area contributed by atoms with E-state index in [1.165, 1.54) is 0 Å². The molecule has 0 aliphatic carbocycles. The largest absolute Gasteiger partial charge is 0.494 e. The quantitative estimate of drug-likeness (QED) is 0.438. The van der Waals surface area contributed by atoms with Crippen molar-refractivity contribution in [3.63, 3.8) is 0 Å². The number of benzene rings is 2. The van der Waals surface area contributed by atoms with Gasteiger partial charge in [0.1, 0.15) is 5.75 Å².